The van der Waals surface area contributed by atoms with Gasteiger partial charge in [-0.1, -0.05) is 24.4 Å². The summed E-state index contributed by atoms with van der Waals surface area (Å²) in [6.07, 6.45) is 0.862. The molecular weight excluding hydrogens is 236 g/mol. The van der Waals surface area contributed by atoms with Crippen LogP contribution in [0.4, 0.5) is 0 Å². The van der Waals surface area contributed by atoms with E-state index in [1.807, 2.05) is 0 Å². The van der Waals surface area contributed by atoms with E-state index < -0.39 is 0 Å². The molecule has 4 nitrogen and oxygen atoms in total. The normalized spacial score (nSPS) is 18.9. The number of carbonyl (C=O) groups excluding carboxylic acids is 1. The second-order valence-corrected chi connectivity index (χ2v) is 4.42. The van der Waals surface area contributed by atoms with Gasteiger partial charge in [-0.2, -0.15) is 0 Å². The van der Waals surface area contributed by atoms with E-state index in [0.29, 0.717) is 29.3 Å². The zero-order valence-corrected chi connectivity index (χ0v) is 10.1. The van der Waals surface area contributed by atoms with Crippen molar-refractivity contribution in [1.29, 1.82) is 0 Å². The van der Waals surface area contributed by atoms with E-state index in [9.17, 15) is 4.79 Å². The molecule has 5 heteroatoms. The number of nitrogens with one attached hydrogen (secondary N) is 1. The van der Waals surface area contributed by atoms with Gasteiger partial charge in [-0.25, -0.2) is 0 Å². The van der Waals surface area contributed by atoms with Crippen LogP contribution in [-0.2, 0) is 4.74 Å². The summed E-state index contributed by atoms with van der Waals surface area (Å²) in [6, 6.07) is 7.11. The monoisotopic (exact) mass is 250 g/mol. The van der Waals surface area contributed by atoms with Crippen molar-refractivity contribution in [3.63, 3.8) is 0 Å². The lowest BCUT2D eigenvalue weighted by Gasteiger charge is -2.11. The highest BCUT2D eigenvalue weighted by atomic mass is 32.1. The van der Waals surface area contributed by atoms with Crippen molar-refractivity contribution in [2.75, 3.05) is 13.2 Å². The second-order valence-electron chi connectivity index (χ2n) is 3.98. The Morgan fingerprint density at radius 3 is 2.88 bits per heavy atom. The maximum Gasteiger partial charge on any atom is 0.251 e. The summed E-state index contributed by atoms with van der Waals surface area (Å²) in [6.45, 7) is 1.29. The third-order valence-corrected chi connectivity index (χ3v) is 2.91. The van der Waals surface area contributed by atoms with Crippen molar-refractivity contribution in [3.05, 3.63) is 35.4 Å². The molecule has 0 radical (unpaired) electrons. The van der Waals surface area contributed by atoms with Crippen molar-refractivity contribution in [1.82, 2.24) is 5.32 Å². The van der Waals surface area contributed by atoms with Gasteiger partial charge in [0.1, 0.15) is 4.99 Å². The number of carbonyl (C=O) groups is 1. The molecule has 0 aromatic heterocycles. The summed E-state index contributed by atoms with van der Waals surface area (Å²) in [4.78, 5) is 12.2. The van der Waals surface area contributed by atoms with E-state index in [4.69, 9.17) is 22.7 Å². The van der Waals surface area contributed by atoms with Crippen LogP contribution in [-0.4, -0.2) is 30.2 Å². The highest BCUT2D eigenvalue weighted by Crippen LogP contribution is 2.08. The molecule has 1 aromatic rings. The summed E-state index contributed by atoms with van der Waals surface area (Å²) >= 11 is 4.88. The molecule has 1 aliphatic heterocycles. The topological polar surface area (TPSA) is 64.4 Å². The van der Waals surface area contributed by atoms with Crippen molar-refractivity contribution < 1.29 is 9.53 Å². The largest absolute Gasteiger partial charge is 0.389 e. The molecule has 0 spiro atoms. The molecule has 1 aliphatic rings. The number of ether oxygens (including phenoxy) is 1. The molecule has 1 amide bonds. The van der Waals surface area contributed by atoms with Crippen molar-refractivity contribution in [2.45, 2.75) is 12.5 Å². The third-order valence-electron chi connectivity index (χ3n) is 2.67. The fourth-order valence-electron chi connectivity index (χ4n) is 1.73. The predicted molar refractivity (Wildman–Crippen MR) is 69.0 cm³/mol. The second kappa shape index (κ2) is 5.25. The smallest absolute Gasteiger partial charge is 0.251 e. The Morgan fingerprint density at radius 1 is 1.47 bits per heavy atom. The van der Waals surface area contributed by atoms with E-state index in [0.717, 1.165) is 6.42 Å². The number of rotatable bonds is 3. The molecule has 1 saturated heterocycles. The lowest BCUT2D eigenvalue weighted by atomic mass is 10.1. The number of hydrogen-bond acceptors (Lipinski definition) is 3. The van der Waals surface area contributed by atoms with Crippen molar-refractivity contribution >= 4 is 23.1 Å². The maximum atomic E-state index is 11.9. The summed E-state index contributed by atoms with van der Waals surface area (Å²) in [5.41, 5.74) is 6.80. The molecule has 1 unspecified atom stereocenters. The van der Waals surface area contributed by atoms with E-state index in [1.54, 1.807) is 24.3 Å². The highest BCUT2D eigenvalue weighted by molar-refractivity contribution is 7.80. The Kier molecular flexibility index (Phi) is 3.71. The Bertz CT molecular complexity index is 442. The minimum atomic E-state index is -0.112. The van der Waals surface area contributed by atoms with Gasteiger partial charge in [0.25, 0.3) is 5.91 Å². The fraction of sp³-hybridized carbons (Fsp3) is 0.333. The van der Waals surface area contributed by atoms with Crippen LogP contribution in [0.1, 0.15) is 22.3 Å². The van der Waals surface area contributed by atoms with Gasteiger partial charge in [0.05, 0.1) is 12.6 Å². The first-order chi connectivity index (χ1) is 8.16. The molecule has 3 N–H and O–H groups in total. The summed E-state index contributed by atoms with van der Waals surface area (Å²) in [7, 11) is 0. The molecule has 0 saturated carbocycles. The number of nitrogens with two attached hydrogens (primary N) is 1. The van der Waals surface area contributed by atoms with Crippen LogP contribution in [0.5, 0.6) is 0 Å². The molecule has 1 atom stereocenters. The maximum absolute atomic E-state index is 11.9. The van der Waals surface area contributed by atoms with E-state index >= 15 is 0 Å². The van der Waals surface area contributed by atoms with Crippen LogP contribution in [0.25, 0.3) is 0 Å². The van der Waals surface area contributed by atoms with Crippen molar-refractivity contribution in [2.24, 2.45) is 5.73 Å². The Morgan fingerprint density at radius 2 is 2.24 bits per heavy atom. The summed E-state index contributed by atoms with van der Waals surface area (Å²) < 4.78 is 5.20. The first-order valence-electron chi connectivity index (χ1n) is 5.45. The van der Waals surface area contributed by atoms with Gasteiger partial charge in [-0.3, -0.25) is 4.79 Å². The molecule has 0 aliphatic carbocycles. The minimum Gasteiger partial charge on any atom is -0.389 e. The molecule has 0 bridgehead atoms. The fourth-order valence-corrected chi connectivity index (χ4v) is 1.86. The van der Waals surface area contributed by atoms with Crippen LogP contribution in [0, 0.1) is 0 Å². The molecule has 17 heavy (non-hydrogen) atoms. The van der Waals surface area contributed by atoms with Gasteiger partial charge in [-0.15, -0.1) is 0 Å². The van der Waals surface area contributed by atoms with Gasteiger partial charge in [0, 0.05) is 17.7 Å². The molecule has 2 rings (SSSR count). The average Bonchev–Trinajstić information content (AvgIpc) is 2.82. The van der Waals surface area contributed by atoms with Crippen LogP contribution < -0.4 is 11.1 Å². The third kappa shape index (κ3) is 3.01. The Labute approximate surface area is 105 Å². The van der Waals surface area contributed by atoms with Gasteiger partial charge in [0.2, 0.25) is 0 Å². The van der Waals surface area contributed by atoms with Gasteiger partial charge >= 0.3 is 0 Å². The zero-order valence-electron chi connectivity index (χ0n) is 9.31. The lowest BCUT2D eigenvalue weighted by molar-refractivity contribution is 0.0930. The molecular formula is C12H14N2O2S. The predicted octanol–water partition coefficient (Wildman–Crippen LogP) is 0.839. The van der Waals surface area contributed by atoms with Gasteiger partial charge in [0.15, 0.2) is 0 Å². The van der Waals surface area contributed by atoms with Crippen LogP contribution >= 0.6 is 12.2 Å². The first kappa shape index (κ1) is 12.0. The molecule has 90 valence electrons. The van der Waals surface area contributed by atoms with Crippen LogP contribution in [0.2, 0.25) is 0 Å². The molecule has 1 aromatic carbocycles. The van der Waals surface area contributed by atoms with Crippen LogP contribution in [0.15, 0.2) is 24.3 Å². The zero-order chi connectivity index (χ0) is 12.3. The SMILES string of the molecule is NC(=S)c1cccc(C(=O)NC2CCOC2)c1. The average molecular weight is 250 g/mol. The Hall–Kier alpha value is -1.46. The highest BCUT2D eigenvalue weighted by Gasteiger charge is 2.18. The summed E-state index contributed by atoms with van der Waals surface area (Å²) in [5, 5.41) is 2.91. The quantitative estimate of drug-likeness (QED) is 0.780. The van der Waals surface area contributed by atoms with Crippen LogP contribution in [0.3, 0.4) is 0 Å². The van der Waals surface area contributed by atoms with Crippen molar-refractivity contribution in [3.8, 4) is 0 Å². The van der Waals surface area contributed by atoms with Gasteiger partial charge < -0.3 is 15.8 Å². The van der Waals surface area contributed by atoms with E-state index in [-0.39, 0.29) is 11.9 Å². The summed E-state index contributed by atoms with van der Waals surface area (Å²) in [5.74, 6) is -0.112. The van der Waals surface area contributed by atoms with Gasteiger partial charge in [-0.05, 0) is 18.6 Å². The number of hydrogen-bond donors (Lipinski definition) is 2. The number of thiocarbonyl (C=S) groups is 1. The molecule has 1 heterocycles. The van der Waals surface area contributed by atoms with E-state index in [1.165, 1.54) is 0 Å². The Balaban J connectivity index is 2.07. The lowest BCUT2D eigenvalue weighted by Crippen LogP contribution is -2.35. The minimum absolute atomic E-state index is 0.107. The number of amides is 1. The van der Waals surface area contributed by atoms with E-state index in [2.05, 4.69) is 5.32 Å². The number of benzene rings is 1. The first-order valence-corrected chi connectivity index (χ1v) is 5.86. The standard InChI is InChI=1S/C12H14N2O2S/c13-11(17)8-2-1-3-9(6-8)12(15)14-10-4-5-16-7-10/h1-3,6,10H,4-5,7H2,(H2,13,17)(H,14,15). The molecule has 1 fully saturated rings.